The highest BCUT2D eigenvalue weighted by molar-refractivity contribution is 5.50. The van der Waals surface area contributed by atoms with Crippen LogP contribution in [0.25, 0.3) is 0 Å². The number of aryl methyl sites for hydroxylation is 1. The Morgan fingerprint density at radius 1 is 1.32 bits per heavy atom. The van der Waals surface area contributed by atoms with Crippen LogP contribution in [0.5, 0.6) is 0 Å². The van der Waals surface area contributed by atoms with E-state index in [-0.39, 0.29) is 0 Å². The van der Waals surface area contributed by atoms with E-state index in [1.807, 2.05) is 6.20 Å². The summed E-state index contributed by atoms with van der Waals surface area (Å²) in [6.07, 6.45) is 5.71. The Hall–Kier alpha value is -1.32. The molecule has 1 aromatic heterocycles. The molecular weight excluding hydrogens is 236 g/mol. The summed E-state index contributed by atoms with van der Waals surface area (Å²) in [6.45, 7) is 11.9. The molecule has 0 radical (unpaired) electrons. The molecule has 4 nitrogen and oxygen atoms in total. The minimum Gasteiger partial charge on any atom is -0.356 e. The molecule has 1 aliphatic rings. The molecule has 0 atom stereocenters. The van der Waals surface area contributed by atoms with Gasteiger partial charge in [-0.15, -0.1) is 0 Å². The summed E-state index contributed by atoms with van der Waals surface area (Å²) in [5.74, 6) is 1.85. The molecule has 2 heterocycles. The topological polar surface area (TPSA) is 41.1 Å². The molecule has 4 heteroatoms. The van der Waals surface area contributed by atoms with E-state index in [0.29, 0.717) is 5.41 Å². The maximum atomic E-state index is 4.68. The van der Waals surface area contributed by atoms with Crippen molar-refractivity contribution in [3.8, 4) is 0 Å². The Balaban J connectivity index is 2.21. The lowest BCUT2D eigenvalue weighted by Crippen LogP contribution is -2.27. The van der Waals surface area contributed by atoms with E-state index < -0.39 is 0 Å². The maximum Gasteiger partial charge on any atom is 0.224 e. The lowest BCUT2D eigenvalue weighted by Gasteiger charge is -2.27. The van der Waals surface area contributed by atoms with Crippen LogP contribution in [0.1, 0.15) is 45.6 Å². The summed E-state index contributed by atoms with van der Waals surface area (Å²) < 4.78 is 0. The Kier molecular flexibility index (Phi) is 4.27. The fraction of sp³-hybridized carbons (Fsp3) is 0.733. The van der Waals surface area contributed by atoms with Gasteiger partial charge in [0.1, 0.15) is 5.82 Å². The van der Waals surface area contributed by atoms with Gasteiger partial charge in [-0.05, 0) is 38.5 Å². The van der Waals surface area contributed by atoms with E-state index in [0.717, 1.165) is 31.4 Å². The van der Waals surface area contributed by atoms with E-state index >= 15 is 0 Å². The first-order valence-electron chi connectivity index (χ1n) is 7.46. The second kappa shape index (κ2) is 5.76. The molecule has 0 bridgehead atoms. The van der Waals surface area contributed by atoms with Crippen LogP contribution < -0.4 is 10.2 Å². The molecule has 0 saturated carbocycles. The number of hydrogen-bond acceptors (Lipinski definition) is 4. The lowest BCUT2D eigenvalue weighted by molar-refractivity contribution is 0.301. The number of hydrogen-bond donors (Lipinski definition) is 1. The van der Waals surface area contributed by atoms with Crippen molar-refractivity contribution < 1.29 is 0 Å². The van der Waals surface area contributed by atoms with Gasteiger partial charge in [0.15, 0.2) is 0 Å². The van der Waals surface area contributed by atoms with Gasteiger partial charge < -0.3 is 10.2 Å². The fourth-order valence-corrected chi connectivity index (χ4v) is 2.94. The van der Waals surface area contributed by atoms with Crippen LogP contribution in [-0.4, -0.2) is 29.6 Å². The zero-order valence-electron chi connectivity index (χ0n) is 12.7. The monoisotopic (exact) mass is 262 g/mol. The highest BCUT2D eigenvalue weighted by atomic mass is 15.2. The van der Waals surface area contributed by atoms with Gasteiger partial charge in [0.05, 0.1) is 0 Å². The number of nitrogens with zero attached hydrogens (tertiary/aromatic N) is 3. The Morgan fingerprint density at radius 3 is 2.63 bits per heavy atom. The summed E-state index contributed by atoms with van der Waals surface area (Å²) in [7, 11) is 0. The van der Waals surface area contributed by atoms with Crippen molar-refractivity contribution >= 4 is 11.8 Å². The number of aromatic nitrogens is 2. The molecule has 0 aliphatic carbocycles. The summed E-state index contributed by atoms with van der Waals surface area (Å²) in [5.41, 5.74) is 1.65. The smallest absolute Gasteiger partial charge is 0.224 e. The second-order valence-corrected chi connectivity index (χ2v) is 5.61. The molecule has 1 aromatic rings. The number of rotatable bonds is 5. The van der Waals surface area contributed by atoms with Gasteiger partial charge in [0, 0.05) is 31.4 Å². The molecule has 1 N–H and O–H groups in total. The van der Waals surface area contributed by atoms with Crippen molar-refractivity contribution in [3.63, 3.8) is 0 Å². The standard InChI is InChI=1S/C15H26N4/c1-5-15(6-2)8-9-19(11-15)13-12(4)10-17-14(18-13)16-7-3/h10H,5-9,11H2,1-4H3,(H,16,17,18). The number of anilines is 2. The molecule has 19 heavy (non-hydrogen) atoms. The first kappa shape index (κ1) is 14.1. The summed E-state index contributed by atoms with van der Waals surface area (Å²) in [5, 5.41) is 3.20. The van der Waals surface area contributed by atoms with Gasteiger partial charge in [-0.25, -0.2) is 4.98 Å². The Bertz CT molecular complexity index is 426. The molecule has 0 aromatic carbocycles. The molecule has 0 unspecified atom stereocenters. The molecule has 1 aliphatic heterocycles. The molecule has 106 valence electrons. The van der Waals surface area contributed by atoms with Crippen LogP contribution in [0.15, 0.2) is 6.20 Å². The van der Waals surface area contributed by atoms with Gasteiger partial charge in [-0.1, -0.05) is 13.8 Å². The zero-order chi connectivity index (χ0) is 13.9. The molecule has 0 amide bonds. The second-order valence-electron chi connectivity index (χ2n) is 5.61. The molecule has 0 spiro atoms. The van der Waals surface area contributed by atoms with Gasteiger partial charge in [0.2, 0.25) is 5.95 Å². The van der Waals surface area contributed by atoms with Crippen LogP contribution >= 0.6 is 0 Å². The van der Waals surface area contributed by atoms with Crippen molar-refractivity contribution in [2.45, 2.75) is 47.0 Å². The minimum absolute atomic E-state index is 0.482. The van der Waals surface area contributed by atoms with Gasteiger partial charge in [-0.2, -0.15) is 4.98 Å². The largest absolute Gasteiger partial charge is 0.356 e. The predicted molar refractivity (Wildman–Crippen MR) is 80.8 cm³/mol. The quantitative estimate of drug-likeness (QED) is 0.884. The average Bonchev–Trinajstić information content (AvgIpc) is 2.86. The molecule has 2 rings (SSSR count). The van der Waals surface area contributed by atoms with E-state index in [4.69, 9.17) is 0 Å². The summed E-state index contributed by atoms with van der Waals surface area (Å²) >= 11 is 0. The van der Waals surface area contributed by atoms with E-state index in [1.54, 1.807) is 0 Å². The summed E-state index contributed by atoms with van der Waals surface area (Å²) in [4.78, 5) is 11.4. The first-order chi connectivity index (χ1) is 9.14. The minimum atomic E-state index is 0.482. The first-order valence-corrected chi connectivity index (χ1v) is 7.46. The highest BCUT2D eigenvalue weighted by Crippen LogP contribution is 2.39. The third-order valence-corrected chi connectivity index (χ3v) is 4.52. The molecular formula is C15H26N4. The van der Waals surface area contributed by atoms with Crippen LogP contribution in [0.4, 0.5) is 11.8 Å². The van der Waals surface area contributed by atoms with Crippen molar-refractivity contribution in [3.05, 3.63) is 11.8 Å². The normalized spacial score (nSPS) is 17.8. The van der Waals surface area contributed by atoms with E-state index in [2.05, 4.69) is 47.9 Å². The van der Waals surface area contributed by atoms with Gasteiger partial charge in [0.25, 0.3) is 0 Å². The molecule has 1 saturated heterocycles. The highest BCUT2D eigenvalue weighted by Gasteiger charge is 2.35. The van der Waals surface area contributed by atoms with Gasteiger partial charge in [-0.3, -0.25) is 0 Å². The Morgan fingerprint density at radius 2 is 2.05 bits per heavy atom. The van der Waals surface area contributed by atoms with Crippen LogP contribution in [-0.2, 0) is 0 Å². The third-order valence-electron chi connectivity index (χ3n) is 4.52. The fourth-order valence-electron chi connectivity index (χ4n) is 2.94. The lowest BCUT2D eigenvalue weighted by atomic mass is 9.82. The zero-order valence-corrected chi connectivity index (χ0v) is 12.7. The Labute approximate surface area is 116 Å². The van der Waals surface area contributed by atoms with E-state index in [9.17, 15) is 0 Å². The maximum absolute atomic E-state index is 4.68. The van der Waals surface area contributed by atoms with Crippen molar-refractivity contribution in [1.29, 1.82) is 0 Å². The SMILES string of the molecule is CCNc1ncc(C)c(N2CCC(CC)(CC)C2)n1. The van der Waals surface area contributed by atoms with Crippen molar-refractivity contribution in [2.24, 2.45) is 5.41 Å². The van der Waals surface area contributed by atoms with E-state index in [1.165, 1.54) is 24.8 Å². The molecule has 1 fully saturated rings. The van der Waals surface area contributed by atoms with Gasteiger partial charge >= 0.3 is 0 Å². The summed E-state index contributed by atoms with van der Waals surface area (Å²) in [6, 6.07) is 0. The van der Waals surface area contributed by atoms with Crippen LogP contribution in [0, 0.1) is 12.3 Å². The van der Waals surface area contributed by atoms with Crippen LogP contribution in [0.2, 0.25) is 0 Å². The average molecular weight is 262 g/mol. The third kappa shape index (κ3) is 2.82. The number of nitrogens with one attached hydrogen (secondary N) is 1. The van der Waals surface area contributed by atoms with Crippen LogP contribution in [0.3, 0.4) is 0 Å². The van der Waals surface area contributed by atoms with Crippen molar-refractivity contribution in [2.75, 3.05) is 29.9 Å². The van der Waals surface area contributed by atoms with Crippen molar-refractivity contribution in [1.82, 2.24) is 9.97 Å². The predicted octanol–water partition coefficient (Wildman–Crippen LogP) is 3.23.